The zero-order valence-electron chi connectivity index (χ0n) is 11.0. The fraction of sp³-hybridized carbons (Fsp3) is 0.500. The van der Waals surface area contributed by atoms with Crippen molar-refractivity contribution in [3.8, 4) is 0 Å². The summed E-state index contributed by atoms with van der Waals surface area (Å²) in [4.78, 5) is 13.1. The molecule has 0 saturated carbocycles. The molecule has 0 aliphatic carbocycles. The summed E-state index contributed by atoms with van der Waals surface area (Å²) in [6.07, 6.45) is 2.85. The van der Waals surface area contributed by atoms with Crippen molar-refractivity contribution >= 4 is 11.6 Å². The van der Waals surface area contributed by atoms with Crippen LogP contribution in [0.5, 0.6) is 0 Å². The first kappa shape index (κ1) is 13.6. The predicted molar refractivity (Wildman–Crippen MR) is 72.2 cm³/mol. The highest BCUT2D eigenvalue weighted by Gasteiger charge is 2.04. The molecule has 1 N–H and O–H groups in total. The van der Waals surface area contributed by atoms with E-state index in [4.69, 9.17) is 0 Å². The van der Waals surface area contributed by atoms with E-state index in [0.717, 1.165) is 17.8 Å². The number of nitrogens with one attached hydrogen (secondary N) is 1. The van der Waals surface area contributed by atoms with Gasteiger partial charge in [-0.15, -0.1) is 0 Å². The molecule has 1 aromatic rings. The van der Waals surface area contributed by atoms with E-state index in [9.17, 15) is 4.79 Å². The fourth-order valence-corrected chi connectivity index (χ4v) is 1.48. The minimum atomic E-state index is 0.136. The van der Waals surface area contributed by atoms with Crippen LogP contribution in [0.15, 0.2) is 24.3 Å². The summed E-state index contributed by atoms with van der Waals surface area (Å²) in [5, 5.41) is 3.35. The zero-order chi connectivity index (χ0) is 12.7. The van der Waals surface area contributed by atoms with Gasteiger partial charge in [0.25, 0.3) is 0 Å². The first-order chi connectivity index (χ1) is 8.13. The summed E-state index contributed by atoms with van der Waals surface area (Å²) in [6, 6.07) is 8.09. The molecule has 1 aromatic carbocycles. The van der Waals surface area contributed by atoms with Gasteiger partial charge in [0.1, 0.15) is 0 Å². The molecule has 0 atom stereocenters. The molecule has 0 aromatic heterocycles. The van der Waals surface area contributed by atoms with Gasteiger partial charge in [-0.25, -0.2) is 0 Å². The van der Waals surface area contributed by atoms with Crippen LogP contribution in [0.3, 0.4) is 0 Å². The SMILES string of the molecule is CCCCNc1ccc(CC(=O)N(C)C)cc1. The number of hydrogen-bond acceptors (Lipinski definition) is 2. The molecule has 0 aliphatic heterocycles. The summed E-state index contributed by atoms with van der Waals surface area (Å²) >= 11 is 0. The van der Waals surface area contributed by atoms with Crippen LogP contribution in [-0.2, 0) is 11.2 Å². The number of benzene rings is 1. The Morgan fingerprint density at radius 1 is 1.24 bits per heavy atom. The van der Waals surface area contributed by atoms with Crippen LogP contribution in [-0.4, -0.2) is 31.4 Å². The fourth-order valence-electron chi connectivity index (χ4n) is 1.48. The average molecular weight is 234 g/mol. The van der Waals surface area contributed by atoms with Crippen LogP contribution >= 0.6 is 0 Å². The summed E-state index contributed by atoms with van der Waals surface area (Å²) in [7, 11) is 3.56. The van der Waals surface area contributed by atoms with Crippen LogP contribution < -0.4 is 5.32 Å². The topological polar surface area (TPSA) is 32.3 Å². The van der Waals surface area contributed by atoms with Crippen LogP contribution in [0, 0.1) is 0 Å². The quantitative estimate of drug-likeness (QED) is 0.767. The number of amides is 1. The number of unbranched alkanes of at least 4 members (excludes halogenated alkanes) is 1. The smallest absolute Gasteiger partial charge is 0.226 e. The van der Waals surface area contributed by atoms with Crippen molar-refractivity contribution in [2.24, 2.45) is 0 Å². The van der Waals surface area contributed by atoms with Gasteiger partial charge in [-0.1, -0.05) is 25.5 Å². The molecule has 0 heterocycles. The van der Waals surface area contributed by atoms with Crippen LogP contribution in [0.2, 0.25) is 0 Å². The molecular formula is C14H22N2O. The van der Waals surface area contributed by atoms with Crippen molar-refractivity contribution in [1.82, 2.24) is 4.90 Å². The van der Waals surface area contributed by atoms with Crippen molar-refractivity contribution < 1.29 is 4.79 Å². The maximum absolute atomic E-state index is 11.5. The van der Waals surface area contributed by atoms with Gasteiger partial charge in [0.2, 0.25) is 5.91 Å². The maximum atomic E-state index is 11.5. The Morgan fingerprint density at radius 2 is 1.88 bits per heavy atom. The van der Waals surface area contributed by atoms with Crippen molar-refractivity contribution in [2.75, 3.05) is 26.0 Å². The first-order valence-corrected chi connectivity index (χ1v) is 6.16. The molecule has 0 saturated heterocycles. The second kappa shape index (κ2) is 6.94. The van der Waals surface area contributed by atoms with Crippen molar-refractivity contribution in [1.29, 1.82) is 0 Å². The van der Waals surface area contributed by atoms with Gasteiger partial charge in [0.05, 0.1) is 6.42 Å². The summed E-state index contributed by atoms with van der Waals surface area (Å²) in [5.74, 6) is 0.136. The molecule has 0 aliphatic rings. The zero-order valence-corrected chi connectivity index (χ0v) is 11.0. The second-order valence-corrected chi connectivity index (χ2v) is 4.44. The first-order valence-electron chi connectivity index (χ1n) is 6.16. The normalized spacial score (nSPS) is 10.1. The van der Waals surface area contributed by atoms with Gasteiger partial charge in [0.15, 0.2) is 0 Å². The highest BCUT2D eigenvalue weighted by molar-refractivity contribution is 5.78. The Labute approximate surface area is 104 Å². The van der Waals surface area contributed by atoms with E-state index in [1.807, 2.05) is 24.3 Å². The second-order valence-electron chi connectivity index (χ2n) is 4.44. The molecule has 0 unspecified atom stereocenters. The van der Waals surface area contributed by atoms with Gasteiger partial charge in [0, 0.05) is 26.3 Å². The van der Waals surface area contributed by atoms with E-state index in [-0.39, 0.29) is 5.91 Å². The number of nitrogens with zero attached hydrogens (tertiary/aromatic N) is 1. The molecule has 3 heteroatoms. The molecule has 1 amide bonds. The van der Waals surface area contributed by atoms with Crippen LogP contribution in [0.25, 0.3) is 0 Å². The number of carbonyl (C=O) groups excluding carboxylic acids is 1. The Kier molecular flexibility index (Phi) is 5.53. The molecule has 0 radical (unpaired) electrons. The Morgan fingerprint density at radius 3 is 2.41 bits per heavy atom. The van der Waals surface area contributed by atoms with Crippen LogP contribution in [0.1, 0.15) is 25.3 Å². The molecule has 1 rings (SSSR count). The van der Waals surface area contributed by atoms with E-state index < -0.39 is 0 Å². The number of carbonyl (C=O) groups is 1. The monoisotopic (exact) mass is 234 g/mol. The van der Waals surface area contributed by atoms with E-state index in [2.05, 4.69) is 12.2 Å². The lowest BCUT2D eigenvalue weighted by Crippen LogP contribution is -2.23. The Hall–Kier alpha value is -1.51. The Bertz CT molecular complexity index is 344. The maximum Gasteiger partial charge on any atom is 0.226 e. The molecular weight excluding hydrogens is 212 g/mol. The third-order valence-electron chi connectivity index (χ3n) is 2.67. The van der Waals surface area contributed by atoms with Crippen molar-refractivity contribution in [3.63, 3.8) is 0 Å². The molecule has 0 bridgehead atoms. The molecule has 94 valence electrons. The van der Waals surface area contributed by atoms with Crippen molar-refractivity contribution in [3.05, 3.63) is 29.8 Å². The lowest BCUT2D eigenvalue weighted by molar-refractivity contribution is -0.127. The summed E-state index contributed by atoms with van der Waals surface area (Å²) < 4.78 is 0. The minimum absolute atomic E-state index is 0.136. The van der Waals surface area contributed by atoms with Gasteiger partial charge < -0.3 is 10.2 Å². The van der Waals surface area contributed by atoms with E-state index >= 15 is 0 Å². The number of likely N-dealkylation sites (N-methyl/N-ethyl adjacent to an activating group) is 1. The molecule has 17 heavy (non-hydrogen) atoms. The average Bonchev–Trinajstić information content (AvgIpc) is 2.31. The van der Waals surface area contributed by atoms with Gasteiger partial charge in [-0.2, -0.15) is 0 Å². The molecule has 0 spiro atoms. The highest BCUT2D eigenvalue weighted by Crippen LogP contribution is 2.10. The van der Waals surface area contributed by atoms with Gasteiger partial charge in [-0.05, 0) is 24.1 Å². The van der Waals surface area contributed by atoms with E-state index in [1.54, 1.807) is 19.0 Å². The third-order valence-corrected chi connectivity index (χ3v) is 2.67. The van der Waals surface area contributed by atoms with Gasteiger partial charge in [-0.3, -0.25) is 4.79 Å². The highest BCUT2D eigenvalue weighted by atomic mass is 16.2. The lowest BCUT2D eigenvalue weighted by atomic mass is 10.1. The Balaban J connectivity index is 2.47. The summed E-state index contributed by atoms with van der Waals surface area (Å²) in [5.41, 5.74) is 2.18. The van der Waals surface area contributed by atoms with Crippen LogP contribution in [0.4, 0.5) is 5.69 Å². The van der Waals surface area contributed by atoms with Gasteiger partial charge >= 0.3 is 0 Å². The molecule has 3 nitrogen and oxygen atoms in total. The van der Waals surface area contributed by atoms with E-state index in [0.29, 0.717) is 6.42 Å². The molecule has 0 fully saturated rings. The number of hydrogen-bond donors (Lipinski definition) is 1. The van der Waals surface area contributed by atoms with E-state index in [1.165, 1.54) is 12.8 Å². The number of rotatable bonds is 6. The summed E-state index contributed by atoms with van der Waals surface area (Å²) in [6.45, 7) is 3.18. The number of anilines is 1. The lowest BCUT2D eigenvalue weighted by Gasteiger charge is -2.10. The minimum Gasteiger partial charge on any atom is -0.385 e. The third kappa shape index (κ3) is 4.89. The standard InChI is InChI=1S/C14H22N2O/c1-4-5-10-15-13-8-6-12(7-9-13)11-14(17)16(2)3/h6-9,15H,4-5,10-11H2,1-3H3. The van der Waals surface area contributed by atoms with Crippen molar-refractivity contribution in [2.45, 2.75) is 26.2 Å². The largest absolute Gasteiger partial charge is 0.385 e. The predicted octanol–water partition coefficient (Wildman–Crippen LogP) is 2.53.